The average molecular weight is 355 g/mol. The molecule has 0 aromatic heterocycles. The first-order valence-electron chi connectivity index (χ1n) is 8.57. The molecule has 138 valence electrons. The molecule has 0 spiro atoms. The molecule has 2 rings (SSSR count). The minimum Gasteiger partial charge on any atom is -0.380 e. The Kier molecular flexibility index (Phi) is 7.79. The van der Waals surface area contributed by atoms with Gasteiger partial charge in [-0.25, -0.2) is 0 Å². The summed E-state index contributed by atoms with van der Waals surface area (Å²) in [6.07, 6.45) is 0.668. The molecular weight excluding hydrogens is 330 g/mol. The van der Waals surface area contributed by atoms with E-state index in [0.29, 0.717) is 17.8 Å². The summed E-state index contributed by atoms with van der Waals surface area (Å²) in [5, 5.41) is 5.66. The van der Waals surface area contributed by atoms with Crippen molar-refractivity contribution in [2.75, 3.05) is 25.5 Å². The van der Waals surface area contributed by atoms with E-state index in [2.05, 4.69) is 10.6 Å². The zero-order valence-electron chi connectivity index (χ0n) is 14.9. The molecule has 6 nitrogen and oxygen atoms in total. The summed E-state index contributed by atoms with van der Waals surface area (Å²) in [6, 6.07) is 16.8. The largest absolute Gasteiger partial charge is 0.380 e. The summed E-state index contributed by atoms with van der Waals surface area (Å²) >= 11 is 0. The van der Waals surface area contributed by atoms with Crippen LogP contribution in [0.3, 0.4) is 0 Å². The number of carbonyl (C=O) groups is 2. The van der Waals surface area contributed by atoms with Crippen molar-refractivity contribution in [2.24, 2.45) is 5.73 Å². The van der Waals surface area contributed by atoms with Gasteiger partial charge in [0.1, 0.15) is 0 Å². The van der Waals surface area contributed by atoms with Gasteiger partial charge in [-0.15, -0.1) is 0 Å². The predicted octanol–water partition coefficient (Wildman–Crippen LogP) is 1.96. The normalized spacial score (nSPS) is 11.6. The van der Waals surface area contributed by atoms with Crippen LogP contribution in [-0.2, 0) is 16.0 Å². The Hall–Kier alpha value is -2.70. The monoisotopic (exact) mass is 355 g/mol. The zero-order valence-corrected chi connectivity index (χ0v) is 14.9. The number of rotatable bonds is 9. The van der Waals surface area contributed by atoms with E-state index in [0.717, 1.165) is 6.42 Å². The topological polar surface area (TPSA) is 93.4 Å². The lowest BCUT2D eigenvalue weighted by atomic mass is 10.1. The highest BCUT2D eigenvalue weighted by Gasteiger charge is 2.12. The molecule has 1 atom stereocenters. The van der Waals surface area contributed by atoms with Gasteiger partial charge in [0.15, 0.2) is 0 Å². The van der Waals surface area contributed by atoms with Crippen molar-refractivity contribution in [3.05, 3.63) is 65.7 Å². The van der Waals surface area contributed by atoms with E-state index in [4.69, 9.17) is 10.5 Å². The Morgan fingerprint density at radius 3 is 2.38 bits per heavy atom. The van der Waals surface area contributed by atoms with Crippen LogP contribution < -0.4 is 16.4 Å². The lowest BCUT2D eigenvalue weighted by Gasteiger charge is -2.12. The van der Waals surface area contributed by atoms with Crippen LogP contribution in [0.25, 0.3) is 0 Å². The Balaban J connectivity index is 1.80. The van der Waals surface area contributed by atoms with Gasteiger partial charge >= 0.3 is 0 Å². The lowest BCUT2D eigenvalue weighted by Crippen LogP contribution is -2.28. The van der Waals surface area contributed by atoms with Crippen molar-refractivity contribution in [3.8, 4) is 0 Å². The summed E-state index contributed by atoms with van der Waals surface area (Å²) < 4.78 is 5.09. The molecule has 0 radical (unpaired) electrons. The van der Waals surface area contributed by atoms with Crippen molar-refractivity contribution < 1.29 is 14.3 Å². The third-order valence-electron chi connectivity index (χ3n) is 3.98. The van der Waals surface area contributed by atoms with Crippen molar-refractivity contribution >= 4 is 17.5 Å². The Labute approximate surface area is 153 Å². The smallest absolute Gasteiger partial charge is 0.251 e. The Bertz CT molecular complexity index is 698. The number of amides is 2. The summed E-state index contributed by atoms with van der Waals surface area (Å²) in [6.45, 7) is 0.852. The van der Waals surface area contributed by atoms with Crippen molar-refractivity contribution in [1.29, 1.82) is 0 Å². The average Bonchev–Trinajstić information content (AvgIpc) is 2.67. The minimum atomic E-state index is -0.301. The molecule has 0 heterocycles. The summed E-state index contributed by atoms with van der Waals surface area (Å²) in [5.74, 6) is -0.316. The highest BCUT2D eigenvalue weighted by Crippen LogP contribution is 2.11. The van der Waals surface area contributed by atoms with Crippen LogP contribution >= 0.6 is 0 Å². The van der Waals surface area contributed by atoms with Crippen molar-refractivity contribution in [2.45, 2.75) is 18.9 Å². The Morgan fingerprint density at radius 1 is 1.08 bits per heavy atom. The van der Waals surface area contributed by atoms with Crippen molar-refractivity contribution in [1.82, 2.24) is 5.32 Å². The number of methoxy groups -OCH3 is 1. The fourth-order valence-corrected chi connectivity index (χ4v) is 2.45. The number of anilines is 1. The van der Waals surface area contributed by atoms with Gasteiger partial charge in [-0.2, -0.15) is 0 Å². The van der Waals surface area contributed by atoms with Gasteiger partial charge in [-0.05, 0) is 36.2 Å². The zero-order chi connectivity index (χ0) is 18.8. The molecule has 2 aromatic rings. The van der Waals surface area contributed by atoms with Crippen molar-refractivity contribution in [3.63, 3.8) is 0 Å². The third-order valence-corrected chi connectivity index (χ3v) is 3.98. The molecule has 26 heavy (non-hydrogen) atoms. The number of ether oxygens (including phenoxy) is 1. The second-order valence-corrected chi connectivity index (χ2v) is 5.91. The van der Waals surface area contributed by atoms with E-state index >= 15 is 0 Å². The van der Waals surface area contributed by atoms with Gasteiger partial charge in [0.05, 0.1) is 12.5 Å². The van der Waals surface area contributed by atoms with Crippen LogP contribution in [0, 0.1) is 0 Å². The van der Waals surface area contributed by atoms with Gasteiger partial charge in [-0.1, -0.05) is 30.3 Å². The van der Waals surface area contributed by atoms with Crippen LogP contribution in [0.15, 0.2) is 54.6 Å². The standard InChI is InChI=1S/C20H25N3O3/c1-26-18(14-21)13-19(24)23-17-9-7-16(8-10-17)20(25)22-12-11-15-5-3-2-4-6-15/h2-10,18H,11-14,21H2,1H3,(H,22,25)(H,23,24). The summed E-state index contributed by atoms with van der Waals surface area (Å²) in [5.41, 5.74) is 7.86. The molecule has 0 saturated carbocycles. The molecule has 0 aliphatic carbocycles. The molecule has 0 aliphatic heterocycles. The quantitative estimate of drug-likeness (QED) is 0.641. The number of hydrogen-bond donors (Lipinski definition) is 3. The first-order valence-corrected chi connectivity index (χ1v) is 8.57. The van der Waals surface area contributed by atoms with Crippen LogP contribution in [0.2, 0.25) is 0 Å². The van der Waals surface area contributed by atoms with Crippen LogP contribution in [-0.4, -0.2) is 38.1 Å². The second-order valence-electron chi connectivity index (χ2n) is 5.91. The third kappa shape index (κ3) is 6.31. The highest BCUT2D eigenvalue weighted by molar-refractivity contribution is 5.95. The Morgan fingerprint density at radius 2 is 1.77 bits per heavy atom. The maximum absolute atomic E-state index is 12.2. The van der Waals surface area contributed by atoms with Gasteiger partial charge in [0, 0.05) is 31.5 Å². The molecule has 0 saturated heterocycles. The van der Waals surface area contributed by atoms with E-state index in [-0.39, 0.29) is 30.9 Å². The number of benzene rings is 2. The summed E-state index contributed by atoms with van der Waals surface area (Å²) in [4.78, 5) is 24.1. The fourth-order valence-electron chi connectivity index (χ4n) is 2.45. The van der Waals surface area contributed by atoms with Crippen LogP contribution in [0.1, 0.15) is 22.3 Å². The molecule has 2 amide bonds. The molecule has 0 aliphatic rings. The van der Waals surface area contributed by atoms with E-state index in [1.54, 1.807) is 24.3 Å². The molecule has 4 N–H and O–H groups in total. The number of carbonyl (C=O) groups excluding carboxylic acids is 2. The molecule has 0 fully saturated rings. The molecule has 6 heteroatoms. The maximum Gasteiger partial charge on any atom is 0.251 e. The molecular formula is C20H25N3O3. The number of hydrogen-bond acceptors (Lipinski definition) is 4. The van der Waals surface area contributed by atoms with Gasteiger partial charge in [0.2, 0.25) is 5.91 Å². The summed E-state index contributed by atoms with van der Waals surface area (Å²) in [7, 11) is 1.52. The van der Waals surface area contributed by atoms with E-state index in [1.165, 1.54) is 12.7 Å². The van der Waals surface area contributed by atoms with E-state index < -0.39 is 0 Å². The van der Waals surface area contributed by atoms with Gasteiger partial charge < -0.3 is 21.1 Å². The van der Waals surface area contributed by atoms with Crippen LogP contribution in [0.4, 0.5) is 5.69 Å². The minimum absolute atomic E-state index is 0.138. The molecule has 1 unspecified atom stereocenters. The van der Waals surface area contributed by atoms with E-state index in [9.17, 15) is 9.59 Å². The molecule has 2 aromatic carbocycles. The predicted molar refractivity (Wildman–Crippen MR) is 102 cm³/mol. The second kappa shape index (κ2) is 10.3. The van der Waals surface area contributed by atoms with Gasteiger partial charge in [0.25, 0.3) is 5.91 Å². The first-order chi connectivity index (χ1) is 12.6. The maximum atomic E-state index is 12.2. The van der Waals surface area contributed by atoms with Crippen LogP contribution in [0.5, 0.6) is 0 Å². The number of nitrogens with two attached hydrogens (primary N) is 1. The SMILES string of the molecule is COC(CN)CC(=O)Nc1ccc(C(=O)NCCc2ccccc2)cc1. The number of nitrogens with one attached hydrogen (secondary N) is 2. The van der Waals surface area contributed by atoms with Gasteiger partial charge in [-0.3, -0.25) is 9.59 Å². The fraction of sp³-hybridized carbons (Fsp3) is 0.300. The van der Waals surface area contributed by atoms with E-state index in [1.807, 2.05) is 30.3 Å². The highest BCUT2D eigenvalue weighted by atomic mass is 16.5. The molecule has 0 bridgehead atoms. The first kappa shape index (κ1) is 19.6. The lowest BCUT2D eigenvalue weighted by molar-refractivity contribution is -0.118.